The summed E-state index contributed by atoms with van der Waals surface area (Å²) in [5.74, 6) is 6.72. The zero-order valence-corrected chi connectivity index (χ0v) is 13.0. The van der Waals surface area contributed by atoms with Crippen molar-refractivity contribution < 1.29 is 4.79 Å². The molecule has 1 aliphatic heterocycles. The van der Waals surface area contributed by atoms with Gasteiger partial charge in [0.2, 0.25) is 0 Å². The van der Waals surface area contributed by atoms with Crippen LogP contribution < -0.4 is 11.3 Å². The van der Waals surface area contributed by atoms with Crippen molar-refractivity contribution in [2.45, 2.75) is 25.8 Å². The molecule has 4 nitrogen and oxygen atoms in total. The normalized spacial score (nSPS) is 25.7. The number of likely N-dealkylation sites (tertiary alicyclic amines) is 1. The van der Waals surface area contributed by atoms with E-state index in [1.54, 1.807) is 0 Å². The number of halogens is 1. The van der Waals surface area contributed by atoms with Crippen LogP contribution in [-0.2, 0) is 6.54 Å². The summed E-state index contributed by atoms with van der Waals surface area (Å²) in [6.45, 7) is 3.41. The van der Waals surface area contributed by atoms with Crippen LogP contribution >= 0.6 is 15.9 Å². The van der Waals surface area contributed by atoms with E-state index >= 15 is 0 Å². The Hall–Kier alpha value is -0.910. The van der Waals surface area contributed by atoms with Gasteiger partial charge < -0.3 is 0 Å². The van der Waals surface area contributed by atoms with Crippen molar-refractivity contribution in [1.82, 2.24) is 10.3 Å². The molecule has 108 valence electrons. The zero-order chi connectivity index (χ0) is 14.1. The summed E-state index contributed by atoms with van der Waals surface area (Å²) in [5, 5.41) is 0. The molecule has 0 aromatic heterocycles. The standard InChI is InChI=1S/C15H20BrN3O/c16-14-6-10(15(20)18-17)4-5-13(14)9-19-7-11-2-1-3-12(11)8-19/h4-6,11-12H,1-3,7-9,17H2,(H,18,20). The number of nitrogens with one attached hydrogen (secondary N) is 1. The maximum atomic E-state index is 11.5. The van der Waals surface area contributed by atoms with E-state index in [1.807, 2.05) is 18.2 Å². The molecule has 1 amide bonds. The zero-order valence-electron chi connectivity index (χ0n) is 11.4. The number of amides is 1. The van der Waals surface area contributed by atoms with Crippen molar-refractivity contribution >= 4 is 21.8 Å². The Bertz CT molecular complexity index is 508. The molecule has 3 rings (SSSR count). The summed E-state index contributed by atoms with van der Waals surface area (Å²) in [5.41, 5.74) is 3.98. The molecule has 0 radical (unpaired) electrons. The first-order valence-corrected chi connectivity index (χ1v) is 7.98. The van der Waals surface area contributed by atoms with Gasteiger partial charge in [0.05, 0.1) is 0 Å². The van der Waals surface area contributed by atoms with Gasteiger partial charge in [0, 0.05) is 29.7 Å². The molecule has 5 heteroatoms. The summed E-state index contributed by atoms with van der Waals surface area (Å²) in [4.78, 5) is 14.0. The fourth-order valence-corrected chi connectivity index (χ4v) is 4.11. The Morgan fingerprint density at radius 2 is 2.05 bits per heavy atom. The molecular formula is C15H20BrN3O. The van der Waals surface area contributed by atoms with E-state index in [2.05, 4.69) is 26.3 Å². The quantitative estimate of drug-likeness (QED) is 0.505. The summed E-state index contributed by atoms with van der Waals surface area (Å²) in [7, 11) is 0. The number of carbonyl (C=O) groups is 1. The van der Waals surface area contributed by atoms with Crippen LogP contribution in [0.2, 0.25) is 0 Å². The van der Waals surface area contributed by atoms with Crippen LogP contribution in [0.1, 0.15) is 35.2 Å². The van der Waals surface area contributed by atoms with E-state index in [-0.39, 0.29) is 5.91 Å². The molecule has 3 N–H and O–H groups in total. The van der Waals surface area contributed by atoms with Crippen LogP contribution in [0.5, 0.6) is 0 Å². The average Bonchev–Trinajstić information content (AvgIpc) is 3.01. The van der Waals surface area contributed by atoms with Crippen molar-refractivity contribution in [3.8, 4) is 0 Å². The molecule has 1 heterocycles. The highest BCUT2D eigenvalue weighted by molar-refractivity contribution is 9.10. The first-order valence-electron chi connectivity index (χ1n) is 7.19. The molecule has 2 aliphatic rings. The summed E-state index contributed by atoms with van der Waals surface area (Å²) in [6, 6.07) is 5.69. The number of nitrogens with zero attached hydrogens (tertiary/aromatic N) is 1. The lowest BCUT2D eigenvalue weighted by atomic mass is 10.0. The monoisotopic (exact) mass is 337 g/mol. The van der Waals surface area contributed by atoms with Crippen LogP contribution in [-0.4, -0.2) is 23.9 Å². The lowest BCUT2D eigenvalue weighted by Gasteiger charge is -2.18. The third-order valence-electron chi connectivity index (χ3n) is 4.64. The number of hydrazine groups is 1. The smallest absolute Gasteiger partial charge is 0.265 e. The van der Waals surface area contributed by atoms with Gasteiger partial charge >= 0.3 is 0 Å². The van der Waals surface area contributed by atoms with Crippen LogP contribution in [0.4, 0.5) is 0 Å². The summed E-state index contributed by atoms with van der Waals surface area (Å²) in [6.07, 6.45) is 4.21. The molecule has 1 aromatic carbocycles. The second-order valence-corrected chi connectivity index (χ2v) is 6.78. The fourth-order valence-electron chi connectivity index (χ4n) is 3.60. The first kappa shape index (κ1) is 14.0. The van der Waals surface area contributed by atoms with Gasteiger partial charge in [-0.3, -0.25) is 15.1 Å². The summed E-state index contributed by atoms with van der Waals surface area (Å²) >= 11 is 3.57. The van der Waals surface area contributed by atoms with Crippen LogP contribution in [0.15, 0.2) is 22.7 Å². The van der Waals surface area contributed by atoms with E-state index in [4.69, 9.17) is 5.84 Å². The SMILES string of the molecule is NNC(=O)c1ccc(CN2CC3CCCC3C2)c(Br)c1. The first-order chi connectivity index (χ1) is 9.67. The molecule has 2 unspecified atom stereocenters. The van der Waals surface area contributed by atoms with Gasteiger partial charge in [0.25, 0.3) is 5.91 Å². The minimum absolute atomic E-state index is 0.257. The van der Waals surface area contributed by atoms with Crippen LogP contribution in [0, 0.1) is 11.8 Å². The van der Waals surface area contributed by atoms with Gasteiger partial charge in [-0.1, -0.05) is 28.4 Å². The van der Waals surface area contributed by atoms with E-state index in [0.717, 1.165) is 22.9 Å². The van der Waals surface area contributed by atoms with Crippen molar-refractivity contribution in [3.63, 3.8) is 0 Å². The highest BCUT2D eigenvalue weighted by Crippen LogP contribution is 2.38. The Labute approximate surface area is 127 Å². The van der Waals surface area contributed by atoms with Gasteiger partial charge in [0.1, 0.15) is 0 Å². The topological polar surface area (TPSA) is 58.4 Å². The van der Waals surface area contributed by atoms with E-state index in [1.165, 1.54) is 37.9 Å². The Morgan fingerprint density at radius 3 is 2.65 bits per heavy atom. The molecule has 0 bridgehead atoms. The average molecular weight is 338 g/mol. The molecule has 1 saturated carbocycles. The number of nitrogens with two attached hydrogens (primary N) is 1. The maximum Gasteiger partial charge on any atom is 0.265 e. The molecule has 1 aromatic rings. The van der Waals surface area contributed by atoms with Crippen molar-refractivity contribution in [2.24, 2.45) is 17.7 Å². The third kappa shape index (κ3) is 2.75. The number of benzene rings is 1. The molecular weight excluding hydrogens is 318 g/mol. The molecule has 1 aliphatic carbocycles. The largest absolute Gasteiger partial charge is 0.298 e. The lowest BCUT2D eigenvalue weighted by molar-refractivity contribution is 0.0953. The highest BCUT2D eigenvalue weighted by Gasteiger charge is 2.35. The highest BCUT2D eigenvalue weighted by atomic mass is 79.9. The van der Waals surface area contributed by atoms with E-state index in [9.17, 15) is 4.79 Å². The molecule has 2 atom stereocenters. The second kappa shape index (κ2) is 5.84. The third-order valence-corrected chi connectivity index (χ3v) is 5.38. The minimum Gasteiger partial charge on any atom is -0.298 e. The lowest BCUT2D eigenvalue weighted by Crippen LogP contribution is -2.30. The second-order valence-electron chi connectivity index (χ2n) is 5.92. The number of nitrogen functional groups attached to an aromatic ring is 1. The minimum atomic E-state index is -0.257. The van der Waals surface area contributed by atoms with E-state index in [0.29, 0.717) is 5.56 Å². The molecule has 20 heavy (non-hydrogen) atoms. The van der Waals surface area contributed by atoms with Gasteiger partial charge in [-0.15, -0.1) is 0 Å². The fraction of sp³-hybridized carbons (Fsp3) is 0.533. The van der Waals surface area contributed by atoms with Crippen LogP contribution in [0.25, 0.3) is 0 Å². The van der Waals surface area contributed by atoms with Crippen LogP contribution in [0.3, 0.4) is 0 Å². The van der Waals surface area contributed by atoms with Crippen molar-refractivity contribution in [3.05, 3.63) is 33.8 Å². The number of fused-ring (bicyclic) bond motifs is 1. The van der Waals surface area contributed by atoms with Gasteiger partial charge in [0.15, 0.2) is 0 Å². The van der Waals surface area contributed by atoms with Gasteiger partial charge in [-0.2, -0.15) is 0 Å². The maximum absolute atomic E-state index is 11.5. The Balaban J connectivity index is 1.67. The molecule has 2 fully saturated rings. The predicted molar refractivity (Wildman–Crippen MR) is 81.9 cm³/mol. The number of carbonyl (C=O) groups excluding carboxylic acids is 1. The summed E-state index contributed by atoms with van der Waals surface area (Å²) < 4.78 is 0.982. The van der Waals surface area contributed by atoms with Gasteiger partial charge in [-0.05, 0) is 42.4 Å². The Morgan fingerprint density at radius 1 is 1.35 bits per heavy atom. The number of hydrogen-bond donors (Lipinski definition) is 2. The Kier molecular flexibility index (Phi) is 4.10. The van der Waals surface area contributed by atoms with Crippen molar-refractivity contribution in [2.75, 3.05) is 13.1 Å². The molecule has 0 spiro atoms. The van der Waals surface area contributed by atoms with Gasteiger partial charge in [-0.25, -0.2) is 5.84 Å². The molecule has 1 saturated heterocycles. The van der Waals surface area contributed by atoms with E-state index < -0.39 is 0 Å². The van der Waals surface area contributed by atoms with Crippen molar-refractivity contribution in [1.29, 1.82) is 0 Å². The predicted octanol–water partition coefficient (Wildman–Crippen LogP) is 2.28. The number of hydrogen-bond acceptors (Lipinski definition) is 3. The number of rotatable bonds is 3.